The number of rotatable bonds is 3. The summed E-state index contributed by atoms with van der Waals surface area (Å²) in [6.45, 7) is 0. The van der Waals surface area contributed by atoms with Gasteiger partial charge < -0.3 is 9.29 Å². The third-order valence-corrected chi connectivity index (χ3v) is 2.49. The average molecular weight is 245 g/mol. The Morgan fingerprint density at radius 2 is 2.19 bits per heavy atom. The zero-order valence-corrected chi connectivity index (χ0v) is 8.89. The van der Waals surface area contributed by atoms with Gasteiger partial charge in [0.15, 0.2) is 11.1 Å². The predicted octanol–water partition coefficient (Wildman–Crippen LogP) is 0.962. The summed E-state index contributed by atoms with van der Waals surface area (Å²) in [6.07, 6.45) is 0. The maximum atomic E-state index is 11.1. The highest BCUT2D eigenvalue weighted by atomic mass is 32.2. The molecule has 0 aliphatic rings. The number of benzene rings is 1. The van der Waals surface area contributed by atoms with Crippen LogP contribution >= 0.6 is 0 Å². The van der Waals surface area contributed by atoms with Gasteiger partial charge in [0, 0.05) is 6.07 Å². The monoisotopic (exact) mass is 245 g/mol. The van der Waals surface area contributed by atoms with E-state index in [9.17, 15) is 19.1 Å². The average Bonchev–Trinajstić information content (AvgIpc) is 2.26. The highest BCUT2D eigenvalue weighted by Gasteiger charge is 2.20. The number of hydrogen-bond donors (Lipinski definition) is 1. The lowest BCUT2D eigenvalue weighted by atomic mass is 10.2. The van der Waals surface area contributed by atoms with Crippen molar-refractivity contribution in [1.29, 1.82) is 0 Å². The Kier molecular flexibility index (Phi) is 3.69. The molecule has 7 nitrogen and oxygen atoms in total. The fourth-order valence-corrected chi connectivity index (χ4v) is 1.55. The molecule has 0 heterocycles. The van der Waals surface area contributed by atoms with Crippen molar-refractivity contribution in [2.24, 2.45) is 0 Å². The van der Waals surface area contributed by atoms with E-state index in [1.165, 1.54) is 6.07 Å². The van der Waals surface area contributed by atoms with Crippen LogP contribution in [0.5, 0.6) is 0 Å². The van der Waals surface area contributed by atoms with Gasteiger partial charge in [-0.05, 0) is 12.1 Å². The largest absolute Gasteiger partial charge is 0.465 e. The molecular formula is C8H7NO6S. The Balaban J connectivity index is 3.34. The maximum absolute atomic E-state index is 11.1. The number of nitro benzene ring substituents is 1. The summed E-state index contributed by atoms with van der Waals surface area (Å²) in [5.41, 5.74) is -0.646. The summed E-state index contributed by atoms with van der Waals surface area (Å²) in [5.74, 6) is -0.752. The van der Waals surface area contributed by atoms with Crippen LogP contribution in [0.3, 0.4) is 0 Å². The second-order valence-corrected chi connectivity index (χ2v) is 3.62. The minimum Gasteiger partial charge on any atom is -0.465 e. The summed E-state index contributed by atoms with van der Waals surface area (Å²) in [7, 11) is 1.13. The Bertz CT molecular complexity index is 472. The van der Waals surface area contributed by atoms with Crippen LogP contribution in [-0.4, -0.2) is 26.8 Å². The van der Waals surface area contributed by atoms with Gasteiger partial charge in [-0.2, -0.15) is 0 Å². The van der Waals surface area contributed by atoms with Crippen molar-refractivity contribution in [1.82, 2.24) is 0 Å². The molecule has 0 spiro atoms. The lowest BCUT2D eigenvalue weighted by Gasteiger charge is -2.01. The quantitative estimate of drug-likeness (QED) is 0.368. The van der Waals surface area contributed by atoms with Gasteiger partial charge in [-0.1, -0.05) is 0 Å². The van der Waals surface area contributed by atoms with E-state index in [1.54, 1.807) is 0 Å². The lowest BCUT2D eigenvalue weighted by molar-refractivity contribution is -0.387. The first-order valence-corrected chi connectivity index (χ1v) is 5.05. The molecule has 0 aliphatic carbocycles. The van der Waals surface area contributed by atoms with Crippen molar-refractivity contribution in [2.75, 3.05) is 7.11 Å². The molecule has 0 aromatic heterocycles. The summed E-state index contributed by atoms with van der Waals surface area (Å²) >= 11 is -2.48. The molecule has 1 aromatic rings. The van der Waals surface area contributed by atoms with Gasteiger partial charge >= 0.3 is 5.97 Å². The van der Waals surface area contributed by atoms with Crippen molar-refractivity contribution in [3.63, 3.8) is 0 Å². The molecule has 0 amide bonds. The molecule has 1 rings (SSSR count). The van der Waals surface area contributed by atoms with E-state index in [0.717, 1.165) is 19.2 Å². The first-order valence-electron chi connectivity index (χ1n) is 3.95. The number of hydrogen-bond acceptors (Lipinski definition) is 5. The van der Waals surface area contributed by atoms with Gasteiger partial charge in [-0.25, -0.2) is 9.00 Å². The van der Waals surface area contributed by atoms with Crippen LogP contribution in [0.15, 0.2) is 23.1 Å². The highest BCUT2D eigenvalue weighted by Crippen LogP contribution is 2.23. The van der Waals surface area contributed by atoms with Crippen LogP contribution < -0.4 is 0 Å². The van der Waals surface area contributed by atoms with Crippen LogP contribution in [0.1, 0.15) is 10.4 Å². The third kappa shape index (κ3) is 2.41. The van der Waals surface area contributed by atoms with Gasteiger partial charge in [-0.3, -0.25) is 10.1 Å². The summed E-state index contributed by atoms with van der Waals surface area (Å²) in [5, 5.41) is 10.6. The standard InChI is InChI=1S/C8H7NO6S/c1-15-8(10)5-2-3-7(16(13)14)6(4-5)9(11)12/h2-4H,1H3,(H,13,14). The number of carbonyl (C=O) groups excluding carboxylic acids is 1. The van der Waals surface area contributed by atoms with Gasteiger partial charge in [0.25, 0.3) is 5.69 Å². The van der Waals surface area contributed by atoms with Crippen molar-refractivity contribution < 1.29 is 23.2 Å². The molecule has 0 radical (unpaired) electrons. The summed E-state index contributed by atoms with van der Waals surface area (Å²) < 4.78 is 23.9. The normalized spacial score (nSPS) is 11.9. The molecule has 1 N–H and O–H groups in total. The second kappa shape index (κ2) is 4.81. The second-order valence-electron chi connectivity index (χ2n) is 2.68. The van der Waals surface area contributed by atoms with E-state index >= 15 is 0 Å². The van der Waals surface area contributed by atoms with E-state index in [0.29, 0.717) is 0 Å². The molecule has 0 saturated heterocycles. The lowest BCUT2D eigenvalue weighted by Crippen LogP contribution is -2.04. The fourth-order valence-electron chi connectivity index (χ4n) is 1.05. The molecule has 1 unspecified atom stereocenters. The van der Waals surface area contributed by atoms with Crippen molar-refractivity contribution in [2.45, 2.75) is 4.90 Å². The Morgan fingerprint density at radius 3 is 2.62 bits per heavy atom. The molecule has 1 atom stereocenters. The van der Waals surface area contributed by atoms with Crippen LogP contribution in [0.2, 0.25) is 0 Å². The minimum absolute atomic E-state index is 0.0524. The van der Waals surface area contributed by atoms with E-state index in [-0.39, 0.29) is 10.5 Å². The summed E-state index contributed by atoms with van der Waals surface area (Å²) in [6, 6.07) is 3.12. The molecule has 0 saturated carbocycles. The Hall–Kier alpha value is -1.80. The van der Waals surface area contributed by atoms with Crippen LogP contribution in [0, 0.1) is 10.1 Å². The molecule has 0 fully saturated rings. The number of ether oxygens (including phenoxy) is 1. The highest BCUT2D eigenvalue weighted by molar-refractivity contribution is 7.79. The summed E-state index contributed by atoms with van der Waals surface area (Å²) in [4.78, 5) is 20.5. The van der Waals surface area contributed by atoms with Gasteiger partial charge in [0.05, 0.1) is 17.6 Å². The van der Waals surface area contributed by atoms with Crippen molar-refractivity contribution in [3.8, 4) is 0 Å². The van der Waals surface area contributed by atoms with Gasteiger partial charge in [0.1, 0.15) is 4.90 Å². The van der Waals surface area contributed by atoms with E-state index in [4.69, 9.17) is 4.55 Å². The predicted molar refractivity (Wildman–Crippen MR) is 53.5 cm³/mol. The molecule has 1 aromatic carbocycles. The minimum atomic E-state index is -2.48. The smallest absolute Gasteiger partial charge is 0.338 e. The van der Waals surface area contributed by atoms with Crippen LogP contribution in [-0.2, 0) is 15.8 Å². The SMILES string of the molecule is COC(=O)c1ccc(S(=O)O)c([N+](=O)[O-])c1. The molecule has 16 heavy (non-hydrogen) atoms. The molecular weight excluding hydrogens is 238 g/mol. The van der Waals surface area contributed by atoms with Gasteiger partial charge in [-0.15, -0.1) is 0 Å². The van der Waals surface area contributed by atoms with E-state index in [1.807, 2.05) is 0 Å². The molecule has 0 bridgehead atoms. The first kappa shape index (κ1) is 12.3. The zero-order chi connectivity index (χ0) is 12.3. The number of carbonyl (C=O) groups is 1. The van der Waals surface area contributed by atoms with E-state index in [2.05, 4.69) is 4.74 Å². The number of esters is 1. The Morgan fingerprint density at radius 1 is 1.56 bits per heavy atom. The zero-order valence-electron chi connectivity index (χ0n) is 8.08. The number of nitrogens with zero attached hydrogens (tertiary/aromatic N) is 1. The maximum Gasteiger partial charge on any atom is 0.338 e. The Labute approximate surface area is 92.5 Å². The molecule has 8 heteroatoms. The van der Waals surface area contributed by atoms with Crippen molar-refractivity contribution in [3.05, 3.63) is 33.9 Å². The first-order chi connectivity index (χ1) is 7.47. The van der Waals surface area contributed by atoms with Crippen molar-refractivity contribution >= 4 is 22.7 Å². The van der Waals surface area contributed by atoms with Gasteiger partial charge in [0.2, 0.25) is 0 Å². The fraction of sp³-hybridized carbons (Fsp3) is 0.125. The molecule has 86 valence electrons. The third-order valence-electron chi connectivity index (χ3n) is 1.76. The number of nitro groups is 1. The van der Waals surface area contributed by atoms with Crippen LogP contribution in [0.25, 0.3) is 0 Å². The molecule has 0 aliphatic heterocycles. The topological polar surface area (TPSA) is 107 Å². The number of methoxy groups -OCH3 is 1. The van der Waals surface area contributed by atoms with Crippen LogP contribution in [0.4, 0.5) is 5.69 Å². The van der Waals surface area contributed by atoms with E-state index < -0.39 is 27.7 Å².